The lowest BCUT2D eigenvalue weighted by atomic mass is 9.86. The molecule has 2 unspecified atom stereocenters. The van der Waals surface area contributed by atoms with Gasteiger partial charge in [0.05, 0.1) is 19.6 Å². The Morgan fingerprint density at radius 2 is 2.06 bits per heavy atom. The van der Waals surface area contributed by atoms with Gasteiger partial charge >= 0.3 is 0 Å². The van der Waals surface area contributed by atoms with Crippen LogP contribution in [0.15, 0.2) is 36.4 Å². The largest absolute Gasteiger partial charge is 0.497 e. The number of carbonyl (C=O) groups excluding carboxylic acids is 1. The molecule has 0 amide bonds. The Labute approximate surface area is 99.5 Å². The Morgan fingerprint density at radius 3 is 2.65 bits per heavy atom. The molecule has 1 N–H and O–H groups in total. The van der Waals surface area contributed by atoms with Gasteiger partial charge in [-0.25, -0.2) is 0 Å². The zero-order valence-corrected chi connectivity index (χ0v) is 9.55. The minimum absolute atomic E-state index is 0.198. The second-order valence-corrected chi connectivity index (χ2v) is 3.93. The van der Waals surface area contributed by atoms with Crippen molar-refractivity contribution in [2.75, 3.05) is 13.7 Å². The molecule has 2 rings (SSSR count). The van der Waals surface area contributed by atoms with Crippen molar-refractivity contribution >= 4 is 5.78 Å². The zero-order chi connectivity index (χ0) is 12.4. The molecule has 1 saturated heterocycles. The maximum Gasteiger partial charge on any atom is 0.216 e. The molecule has 1 aliphatic heterocycles. The molecule has 17 heavy (non-hydrogen) atoms. The van der Waals surface area contributed by atoms with Crippen molar-refractivity contribution in [2.24, 2.45) is 0 Å². The summed E-state index contributed by atoms with van der Waals surface area (Å²) >= 11 is 0. The summed E-state index contributed by atoms with van der Waals surface area (Å²) in [6, 6.07) is 7.14. The average molecular weight is 234 g/mol. The first-order valence-corrected chi connectivity index (χ1v) is 5.28. The van der Waals surface area contributed by atoms with Crippen LogP contribution in [-0.2, 0) is 9.53 Å². The van der Waals surface area contributed by atoms with E-state index in [-0.39, 0.29) is 12.4 Å². The van der Waals surface area contributed by atoms with Crippen molar-refractivity contribution in [1.82, 2.24) is 0 Å². The normalized spacial score (nSPS) is 24.8. The highest BCUT2D eigenvalue weighted by atomic mass is 16.6. The van der Waals surface area contributed by atoms with E-state index in [1.165, 1.54) is 0 Å². The Balaban J connectivity index is 2.29. The van der Waals surface area contributed by atoms with Crippen molar-refractivity contribution < 1.29 is 19.4 Å². The highest BCUT2D eigenvalue weighted by molar-refractivity contribution is 5.92. The second kappa shape index (κ2) is 4.69. The lowest BCUT2D eigenvalue weighted by Gasteiger charge is -2.27. The third-order valence-corrected chi connectivity index (χ3v) is 2.81. The van der Waals surface area contributed by atoms with Crippen LogP contribution in [0.5, 0.6) is 5.75 Å². The Bertz CT molecular complexity index is 435. The lowest BCUT2D eigenvalue weighted by Crippen LogP contribution is -2.36. The molecule has 1 aromatic carbocycles. The summed E-state index contributed by atoms with van der Waals surface area (Å²) in [5.41, 5.74) is 1.45. The molecule has 1 aromatic rings. The fourth-order valence-electron chi connectivity index (χ4n) is 1.89. The highest BCUT2D eigenvalue weighted by Crippen LogP contribution is 2.30. The van der Waals surface area contributed by atoms with E-state index in [4.69, 9.17) is 9.47 Å². The van der Waals surface area contributed by atoms with Crippen LogP contribution in [0.4, 0.5) is 0 Å². The minimum Gasteiger partial charge on any atom is -0.497 e. The van der Waals surface area contributed by atoms with E-state index in [9.17, 15) is 9.90 Å². The van der Waals surface area contributed by atoms with E-state index in [2.05, 4.69) is 6.58 Å². The van der Waals surface area contributed by atoms with Crippen molar-refractivity contribution in [3.05, 3.63) is 42.0 Å². The van der Waals surface area contributed by atoms with Gasteiger partial charge in [-0.2, -0.15) is 0 Å². The number of ether oxygens (including phenoxy) is 2. The molecule has 1 fully saturated rings. The van der Waals surface area contributed by atoms with Crippen LogP contribution in [0.25, 0.3) is 0 Å². The highest BCUT2D eigenvalue weighted by Gasteiger charge is 2.34. The van der Waals surface area contributed by atoms with Gasteiger partial charge in [-0.15, -0.1) is 0 Å². The van der Waals surface area contributed by atoms with Gasteiger partial charge in [-0.3, -0.25) is 4.79 Å². The molecule has 0 aliphatic carbocycles. The van der Waals surface area contributed by atoms with Gasteiger partial charge in [0.15, 0.2) is 5.78 Å². The molecule has 4 heteroatoms. The molecular weight excluding hydrogens is 220 g/mol. The maximum absolute atomic E-state index is 11.8. The summed E-state index contributed by atoms with van der Waals surface area (Å²) in [6.07, 6.45) is -1.35. The van der Waals surface area contributed by atoms with E-state index in [1.807, 2.05) is 0 Å². The summed E-state index contributed by atoms with van der Waals surface area (Å²) in [5, 5.41) is 9.39. The van der Waals surface area contributed by atoms with E-state index < -0.39 is 12.2 Å². The number of hydrogen-bond acceptors (Lipinski definition) is 4. The summed E-state index contributed by atoms with van der Waals surface area (Å²) in [6.45, 7) is 4.01. The summed E-state index contributed by atoms with van der Waals surface area (Å²) in [5.74, 6) is -0.143. The molecule has 0 saturated carbocycles. The van der Waals surface area contributed by atoms with Crippen LogP contribution in [0.1, 0.15) is 11.5 Å². The van der Waals surface area contributed by atoms with Crippen molar-refractivity contribution in [1.29, 1.82) is 0 Å². The van der Waals surface area contributed by atoms with Crippen molar-refractivity contribution in [3.63, 3.8) is 0 Å². The fraction of sp³-hybridized carbons (Fsp3) is 0.308. The molecule has 0 spiro atoms. The molecule has 2 atom stereocenters. The minimum atomic E-state index is -1.35. The first-order valence-electron chi connectivity index (χ1n) is 5.28. The molecule has 1 aliphatic rings. The van der Waals surface area contributed by atoms with E-state index >= 15 is 0 Å². The number of methoxy groups -OCH3 is 1. The lowest BCUT2D eigenvalue weighted by molar-refractivity contribution is -0.160. The zero-order valence-electron chi connectivity index (χ0n) is 9.55. The average Bonchev–Trinajstić information content (AvgIpc) is 2.35. The van der Waals surface area contributed by atoms with Crippen molar-refractivity contribution in [3.8, 4) is 5.75 Å². The summed E-state index contributed by atoms with van der Waals surface area (Å²) in [7, 11) is 1.58. The Morgan fingerprint density at radius 1 is 1.41 bits per heavy atom. The standard InChI is InChI=1S/C13H14O4/c1-8-7-17-13(15)12(14)11(8)9-3-5-10(16-2)6-4-9/h3-6,11,13,15H,1,7H2,2H3. The molecule has 90 valence electrons. The van der Waals surface area contributed by atoms with Gasteiger partial charge in [-0.05, 0) is 23.3 Å². The van der Waals surface area contributed by atoms with Crippen molar-refractivity contribution in [2.45, 2.75) is 12.2 Å². The third-order valence-electron chi connectivity index (χ3n) is 2.81. The van der Waals surface area contributed by atoms with Crippen LogP contribution in [0.2, 0.25) is 0 Å². The number of rotatable bonds is 2. The molecule has 0 aromatic heterocycles. The third kappa shape index (κ3) is 2.23. The smallest absolute Gasteiger partial charge is 0.216 e. The molecule has 0 radical (unpaired) electrons. The molecule has 1 heterocycles. The van der Waals surface area contributed by atoms with Gasteiger partial charge in [0.25, 0.3) is 0 Å². The summed E-state index contributed by atoms with van der Waals surface area (Å²) in [4.78, 5) is 11.8. The first kappa shape index (κ1) is 11.8. The van der Waals surface area contributed by atoms with E-state index in [0.29, 0.717) is 5.57 Å². The van der Waals surface area contributed by atoms with Crippen LogP contribution >= 0.6 is 0 Å². The number of Topliss-reactive ketones (excluding diaryl/α,β-unsaturated/α-hetero) is 1. The van der Waals surface area contributed by atoms with Gasteiger partial charge in [0.1, 0.15) is 5.75 Å². The SMILES string of the molecule is C=C1COC(O)C(=O)C1c1ccc(OC)cc1. The fourth-order valence-corrected chi connectivity index (χ4v) is 1.89. The number of aliphatic hydroxyl groups is 1. The Kier molecular flexibility index (Phi) is 3.26. The second-order valence-electron chi connectivity index (χ2n) is 3.93. The van der Waals surface area contributed by atoms with Gasteiger partial charge in [-0.1, -0.05) is 18.7 Å². The number of ketones is 1. The number of benzene rings is 1. The maximum atomic E-state index is 11.8. The molecular formula is C13H14O4. The van der Waals surface area contributed by atoms with E-state index in [0.717, 1.165) is 11.3 Å². The predicted octanol–water partition coefficient (Wildman–Crippen LogP) is 1.25. The molecule has 0 bridgehead atoms. The predicted molar refractivity (Wildman–Crippen MR) is 61.8 cm³/mol. The van der Waals surface area contributed by atoms with Crippen LogP contribution < -0.4 is 4.74 Å². The Hall–Kier alpha value is -1.65. The number of hydrogen-bond donors (Lipinski definition) is 1. The topological polar surface area (TPSA) is 55.8 Å². The summed E-state index contributed by atoms with van der Waals surface area (Å²) < 4.78 is 9.93. The van der Waals surface area contributed by atoms with Gasteiger partial charge in [0, 0.05) is 0 Å². The van der Waals surface area contributed by atoms with Crippen LogP contribution in [-0.4, -0.2) is 30.9 Å². The van der Waals surface area contributed by atoms with Gasteiger partial charge < -0.3 is 14.6 Å². The van der Waals surface area contributed by atoms with Crippen LogP contribution in [0.3, 0.4) is 0 Å². The molecule has 4 nitrogen and oxygen atoms in total. The first-order chi connectivity index (χ1) is 8.13. The monoisotopic (exact) mass is 234 g/mol. The van der Waals surface area contributed by atoms with Crippen LogP contribution in [0, 0.1) is 0 Å². The number of carbonyl (C=O) groups is 1. The number of aliphatic hydroxyl groups excluding tert-OH is 1. The van der Waals surface area contributed by atoms with Gasteiger partial charge in [0.2, 0.25) is 6.29 Å². The van der Waals surface area contributed by atoms with E-state index in [1.54, 1.807) is 31.4 Å². The quantitative estimate of drug-likeness (QED) is 0.782.